The lowest BCUT2D eigenvalue weighted by atomic mass is 10.2. The Labute approximate surface area is 96.2 Å². The maximum Gasteiger partial charge on any atom is 0.286 e. The Balaban J connectivity index is 2.29. The van der Waals surface area contributed by atoms with Crippen LogP contribution in [0.5, 0.6) is 0 Å². The largest absolute Gasteiger partial charge is 0.456 e. The van der Waals surface area contributed by atoms with Crippen LogP contribution in [0.15, 0.2) is 16.5 Å². The summed E-state index contributed by atoms with van der Waals surface area (Å²) in [7, 11) is 0. The first kappa shape index (κ1) is 12.8. The molecule has 1 rings (SSSR count). The summed E-state index contributed by atoms with van der Waals surface area (Å²) in [5, 5.41) is 2.80. The molecule has 1 unspecified atom stereocenters. The highest BCUT2D eigenvalue weighted by molar-refractivity contribution is 5.91. The lowest BCUT2D eigenvalue weighted by Gasteiger charge is -2.05. The summed E-state index contributed by atoms with van der Waals surface area (Å²) in [6, 6.07) is 3.73. The van der Waals surface area contributed by atoms with Crippen LogP contribution in [-0.4, -0.2) is 18.5 Å². The van der Waals surface area contributed by atoms with Crippen LogP contribution in [0.1, 0.15) is 43.0 Å². The van der Waals surface area contributed by atoms with Gasteiger partial charge in [0.05, 0.1) is 0 Å². The molecule has 1 aromatic rings. The first-order valence-corrected chi connectivity index (χ1v) is 5.76. The molecule has 1 atom stereocenters. The third kappa shape index (κ3) is 4.06. The number of hydrogen-bond donors (Lipinski definition) is 2. The van der Waals surface area contributed by atoms with Crippen molar-refractivity contribution in [1.29, 1.82) is 0 Å². The topological polar surface area (TPSA) is 68.3 Å². The van der Waals surface area contributed by atoms with E-state index in [0.29, 0.717) is 12.3 Å². The van der Waals surface area contributed by atoms with Crippen LogP contribution in [0.2, 0.25) is 0 Å². The molecule has 0 aromatic carbocycles. The van der Waals surface area contributed by atoms with Crippen LogP contribution in [0.3, 0.4) is 0 Å². The zero-order valence-corrected chi connectivity index (χ0v) is 9.95. The monoisotopic (exact) mass is 224 g/mol. The Morgan fingerprint density at radius 3 is 2.88 bits per heavy atom. The number of carbonyl (C=O) groups excluding carboxylic acids is 1. The number of carbonyl (C=O) groups is 1. The summed E-state index contributed by atoms with van der Waals surface area (Å²) in [6.07, 6.45) is 2.61. The molecule has 0 saturated heterocycles. The van der Waals surface area contributed by atoms with E-state index in [0.717, 1.165) is 25.0 Å². The molecule has 90 valence electrons. The molecule has 4 heteroatoms. The molecule has 0 aliphatic rings. The Kier molecular flexibility index (Phi) is 5.05. The first-order chi connectivity index (χ1) is 7.63. The minimum absolute atomic E-state index is 0.149. The van der Waals surface area contributed by atoms with Crippen LogP contribution < -0.4 is 11.1 Å². The number of aryl methyl sites for hydroxylation is 1. The quantitative estimate of drug-likeness (QED) is 0.723. The van der Waals surface area contributed by atoms with Gasteiger partial charge in [-0.15, -0.1) is 0 Å². The number of nitrogens with one attached hydrogen (secondary N) is 1. The van der Waals surface area contributed by atoms with Crippen LogP contribution >= 0.6 is 0 Å². The fourth-order valence-electron chi connectivity index (χ4n) is 1.40. The highest BCUT2D eigenvalue weighted by Crippen LogP contribution is 2.08. The van der Waals surface area contributed by atoms with Gasteiger partial charge >= 0.3 is 0 Å². The summed E-state index contributed by atoms with van der Waals surface area (Å²) in [4.78, 5) is 11.6. The highest BCUT2D eigenvalue weighted by Gasteiger charge is 2.09. The second kappa shape index (κ2) is 6.33. The van der Waals surface area contributed by atoms with E-state index in [4.69, 9.17) is 10.2 Å². The molecule has 16 heavy (non-hydrogen) atoms. The van der Waals surface area contributed by atoms with E-state index in [1.165, 1.54) is 0 Å². The normalized spacial score (nSPS) is 12.4. The molecule has 1 amide bonds. The molecular formula is C12H20N2O2. The van der Waals surface area contributed by atoms with E-state index in [2.05, 4.69) is 5.32 Å². The number of furan rings is 1. The molecule has 0 aliphatic heterocycles. The van der Waals surface area contributed by atoms with Crippen molar-refractivity contribution < 1.29 is 9.21 Å². The minimum Gasteiger partial charge on any atom is -0.456 e. The number of rotatable bonds is 6. The van der Waals surface area contributed by atoms with Crippen molar-refractivity contribution in [3.8, 4) is 0 Å². The molecule has 0 bridgehead atoms. The highest BCUT2D eigenvalue weighted by atomic mass is 16.3. The molecule has 0 saturated carbocycles. The zero-order valence-electron chi connectivity index (χ0n) is 9.95. The Morgan fingerprint density at radius 1 is 1.56 bits per heavy atom. The molecule has 0 spiro atoms. The number of nitrogens with two attached hydrogens (primary N) is 1. The number of hydrogen-bond acceptors (Lipinski definition) is 3. The minimum atomic E-state index is -0.149. The van der Waals surface area contributed by atoms with Gasteiger partial charge in [0.15, 0.2) is 5.76 Å². The molecule has 1 aromatic heterocycles. The van der Waals surface area contributed by atoms with Crippen molar-refractivity contribution >= 4 is 5.91 Å². The third-order valence-corrected chi connectivity index (χ3v) is 2.36. The van der Waals surface area contributed by atoms with Gasteiger partial charge in [0.1, 0.15) is 5.76 Å². The molecule has 0 aliphatic carbocycles. The average Bonchev–Trinajstić information content (AvgIpc) is 2.72. The van der Waals surface area contributed by atoms with Gasteiger partial charge < -0.3 is 15.5 Å². The predicted molar refractivity (Wildman–Crippen MR) is 63.3 cm³/mol. The molecular weight excluding hydrogens is 204 g/mol. The van der Waals surface area contributed by atoms with E-state index in [-0.39, 0.29) is 11.9 Å². The van der Waals surface area contributed by atoms with Gasteiger partial charge in [0.2, 0.25) is 0 Å². The first-order valence-electron chi connectivity index (χ1n) is 5.76. The lowest BCUT2D eigenvalue weighted by molar-refractivity contribution is 0.0923. The summed E-state index contributed by atoms with van der Waals surface area (Å²) in [5.41, 5.74) is 5.61. The van der Waals surface area contributed by atoms with Crippen molar-refractivity contribution in [2.75, 3.05) is 6.54 Å². The van der Waals surface area contributed by atoms with Gasteiger partial charge in [0.25, 0.3) is 5.91 Å². The Hall–Kier alpha value is -1.29. The molecule has 4 nitrogen and oxygen atoms in total. The van der Waals surface area contributed by atoms with Crippen molar-refractivity contribution in [2.45, 2.75) is 39.2 Å². The van der Waals surface area contributed by atoms with Crippen LogP contribution in [-0.2, 0) is 6.42 Å². The fourth-order valence-corrected chi connectivity index (χ4v) is 1.40. The van der Waals surface area contributed by atoms with Gasteiger partial charge in [-0.3, -0.25) is 4.79 Å². The smallest absolute Gasteiger partial charge is 0.286 e. The number of amides is 1. The maximum atomic E-state index is 11.6. The van der Waals surface area contributed by atoms with Gasteiger partial charge in [-0.25, -0.2) is 0 Å². The third-order valence-electron chi connectivity index (χ3n) is 2.36. The standard InChI is InChI=1S/C12H20N2O2/c1-3-10-6-7-11(16-10)12(15)14-8-4-5-9(2)13/h6-7,9H,3-5,8,13H2,1-2H3,(H,14,15). The van der Waals surface area contributed by atoms with Crippen LogP contribution in [0.25, 0.3) is 0 Å². The van der Waals surface area contributed by atoms with Crippen molar-refractivity contribution in [3.63, 3.8) is 0 Å². The molecule has 1 heterocycles. The molecule has 0 fully saturated rings. The lowest BCUT2D eigenvalue weighted by Crippen LogP contribution is -2.25. The fraction of sp³-hybridized carbons (Fsp3) is 0.583. The van der Waals surface area contributed by atoms with Crippen molar-refractivity contribution in [3.05, 3.63) is 23.7 Å². The van der Waals surface area contributed by atoms with E-state index in [1.807, 2.05) is 19.9 Å². The molecule has 3 N–H and O–H groups in total. The SMILES string of the molecule is CCc1ccc(C(=O)NCCCC(C)N)o1. The van der Waals surface area contributed by atoms with Crippen LogP contribution in [0.4, 0.5) is 0 Å². The van der Waals surface area contributed by atoms with Gasteiger partial charge in [0, 0.05) is 19.0 Å². The van der Waals surface area contributed by atoms with E-state index in [1.54, 1.807) is 6.07 Å². The summed E-state index contributed by atoms with van der Waals surface area (Å²) in [6.45, 7) is 4.59. The van der Waals surface area contributed by atoms with Gasteiger partial charge in [-0.1, -0.05) is 6.92 Å². The van der Waals surface area contributed by atoms with Gasteiger partial charge in [-0.05, 0) is 31.9 Å². The maximum absolute atomic E-state index is 11.6. The van der Waals surface area contributed by atoms with E-state index in [9.17, 15) is 4.79 Å². The van der Waals surface area contributed by atoms with E-state index < -0.39 is 0 Å². The van der Waals surface area contributed by atoms with Gasteiger partial charge in [-0.2, -0.15) is 0 Å². The summed E-state index contributed by atoms with van der Waals surface area (Å²) >= 11 is 0. The van der Waals surface area contributed by atoms with Crippen molar-refractivity contribution in [1.82, 2.24) is 5.32 Å². The van der Waals surface area contributed by atoms with E-state index >= 15 is 0 Å². The second-order valence-electron chi connectivity index (χ2n) is 3.99. The predicted octanol–water partition coefficient (Wildman–Crippen LogP) is 1.70. The van der Waals surface area contributed by atoms with Crippen LogP contribution in [0, 0.1) is 0 Å². The molecule has 0 radical (unpaired) electrons. The zero-order chi connectivity index (χ0) is 12.0. The second-order valence-corrected chi connectivity index (χ2v) is 3.99. The van der Waals surface area contributed by atoms with Crippen molar-refractivity contribution in [2.24, 2.45) is 5.73 Å². The Bertz CT molecular complexity index is 332. The summed E-state index contributed by atoms with van der Waals surface area (Å²) < 4.78 is 5.34. The Morgan fingerprint density at radius 2 is 2.31 bits per heavy atom. The summed E-state index contributed by atoms with van der Waals surface area (Å²) in [5.74, 6) is 1.07. The average molecular weight is 224 g/mol.